The molecule has 4 aromatic carbocycles. The Morgan fingerprint density at radius 2 is 1.21 bits per heavy atom. The lowest BCUT2D eigenvalue weighted by atomic mass is 10.2. The van der Waals surface area contributed by atoms with Gasteiger partial charge >= 0.3 is 5.97 Å². The first kappa shape index (κ1) is 28.6. The number of unbranched alkanes of at least 4 members (excludes halogenated alkanes) is 4. The molecule has 0 unspecified atom stereocenters. The number of nitrogens with zero attached hydrogens (tertiary/aromatic N) is 2. The highest BCUT2D eigenvalue weighted by atomic mass is 16.5. The smallest absolute Gasteiger partial charge is 0.343 e. The Morgan fingerprint density at radius 3 is 1.86 bits per heavy atom. The summed E-state index contributed by atoms with van der Waals surface area (Å²) in [4.78, 5) is 12.6. The molecule has 0 spiro atoms. The van der Waals surface area contributed by atoms with Gasteiger partial charge in [0.15, 0.2) is 0 Å². The van der Waals surface area contributed by atoms with E-state index in [4.69, 9.17) is 18.6 Å². The molecule has 1 aromatic heterocycles. The van der Waals surface area contributed by atoms with Crippen LogP contribution in [-0.2, 0) is 6.61 Å². The van der Waals surface area contributed by atoms with Crippen LogP contribution in [-0.4, -0.2) is 22.8 Å². The zero-order chi connectivity index (χ0) is 29.0. The summed E-state index contributed by atoms with van der Waals surface area (Å²) < 4.78 is 23.1. The molecule has 5 aromatic rings. The summed E-state index contributed by atoms with van der Waals surface area (Å²) in [6.45, 7) is 3.38. The molecular weight excluding hydrogens is 528 g/mol. The van der Waals surface area contributed by atoms with Gasteiger partial charge in [0.2, 0.25) is 11.8 Å². The summed E-state index contributed by atoms with van der Waals surface area (Å²) in [6, 6.07) is 31.5. The minimum absolute atomic E-state index is 0.369. The summed E-state index contributed by atoms with van der Waals surface area (Å²) in [5.74, 6) is 2.25. The quantitative estimate of drug-likeness (QED) is 0.0761. The first-order chi connectivity index (χ1) is 20.7. The molecule has 0 aliphatic carbocycles. The Kier molecular flexibility index (Phi) is 9.98. The van der Waals surface area contributed by atoms with Crippen molar-refractivity contribution in [2.45, 2.75) is 45.6 Å². The monoisotopic (exact) mass is 562 g/mol. The molecular formula is C35H34N2O5. The molecule has 0 fully saturated rings. The maximum atomic E-state index is 12.6. The maximum Gasteiger partial charge on any atom is 0.343 e. The van der Waals surface area contributed by atoms with Crippen LogP contribution < -0.4 is 14.2 Å². The van der Waals surface area contributed by atoms with Gasteiger partial charge in [-0.05, 0) is 84.8 Å². The average molecular weight is 563 g/mol. The highest BCUT2D eigenvalue weighted by Gasteiger charge is 2.13. The Morgan fingerprint density at radius 1 is 0.643 bits per heavy atom. The predicted octanol–water partition coefficient (Wildman–Crippen LogP) is 8.55. The second-order valence-electron chi connectivity index (χ2n) is 9.91. The van der Waals surface area contributed by atoms with Crippen LogP contribution in [0.4, 0.5) is 0 Å². The number of carbonyl (C=O) groups excluding carboxylic acids is 1. The van der Waals surface area contributed by atoms with Crippen LogP contribution in [0, 0.1) is 0 Å². The third-order valence-electron chi connectivity index (χ3n) is 6.69. The first-order valence-corrected chi connectivity index (χ1v) is 14.3. The van der Waals surface area contributed by atoms with Gasteiger partial charge in [-0.2, -0.15) is 0 Å². The van der Waals surface area contributed by atoms with Crippen molar-refractivity contribution in [2.24, 2.45) is 0 Å². The van der Waals surface area contributed by atoms with E-state index in [-0.39, 0.29) is 0 Å². The van der Waals surface area contributed by atoms with E-state index in [1.54, 1.807) is 48.5 Å². The molecule has 0 saturated heterocycles. The van der Waals surface area contributed by atoms with E-state index in [1.165, 1.54) is 25.7 Å². The third kappa shape index (κ3) is 8.07. The maximum absolute atomic E-state index is 12.6. The van der Waals surface area contributed by atoms with Crippen molar-refractivity contribution in [3.05, 3.63) is 114 Å². The molecule has 42 heavy (non-hydrogen) atoms. The zero-order valence-corrected chi connectivity index (χ0v) is 23.7. The molecule has 0 saturated carbocycles. The van der Waals surface area contributed by atoms with Crippen molar-refractivity contribution in [3.63, 3.8) is 0 Å². The minimum atomic E-state index is -0.440. The van der Waals surface area contributed by atoms with Gasteiger partial charge in [-0.3, -0.25) is 0 Å². The van der Waals surface area contributed by atoms with Crippen LogP contribution in [0.5, 0.6) is 17.2 Å². The van der Waals surface area contributed by atoms with Gasteiger partial charge in [-0.25, -0.2) is 4.79 Å². The van der Waals surface area contributed by atoms with Gasteiger partial charge in [0.1, 0.15) is 23.9 Å². The Balaban J connectivity index is 1.11. The Bertz CT molecular complexity index is 1530. The number of aromatic nitrogens is 2. The van der Waals surface area contributed by atoms with Crippen LogP contribution in [0.2, 0.25) is 0 Å². The fraction of sp³-hybridized carbons (Fsp3) is 0.229. The summed E-state index contributed by atoms with van der Waals surface area (Å²) in [7, 11) is 0. The third-order valence-corrected chi connectivity index (χ3v) is 6.69. The predicted molar refractivity (Wildman–Crippen MR) is 162 cm³/mol. The SMILES string of the molecule is CCCCCCCOc1ccc(C(=O)Oc2ccc(-c3nnc(-c4ccc(OCc5ccccc5)cc4)o3)cc2)cc1. The van der Waals surface area contributed by atoms with E-state index in [9.17, 15) is 4.79 Å². The molecule has 214 valence electrons. The van der Waals surface area contributed by atoms with Crippen LogP contribution in [0.1, 0.15) is 54.9 Å². The van der Waals surface area contributed by atoms with E-state index in [2.05, 4.69) is 17.1 Å². The largest absolute Gasteiger partial charge is 0.494 e. The molecule has 7 heteroatoms. The number of carbonyl (C=O) groups is 1. The molecule has 0 N–H and O–H groups in total. The minimum Gasteiger partial charge on any atom is -0.494 e. The number of hydrogen-bond acceptors (Lipinski definition) is 7. The van der Waals surface area contributed by atoms with Crippen LogP contribution in [0.3, 0.4) is 0 Å². The van der Waals surface area contributed by atoms with Gasteiger partial charge in [0, 0.05) is 11.1 Å². The molecule has 0 aliphatic rings. The lowest BCUT2D eigenvalue weighted by Gasteiger charge is -2.08. The summed E-state index contributed by atoms with van der Waals surface area (Å²) in [5.41, 5.74) is 3.06. The van der Waals surface area contributed by atoms with Crippen molar-refractivity contribution in [3.8, 4) is 40.2 Å². The second-order valence-corrected chi connectivity index (χ2v) is 9.91. The molecule has 1 heterocycles. The van der Waals surface area contributed by atoms with Crippen molar-refractivity contribution in [2.75, 3.05) is 6.61 Å². The highest BCUT2D eigenvalue weighted by Crippen LogP contribution is 2.27. The first-order valence-electron chi connectivity index (χ1n) is 14.3. The average Bonchev–Trinajstić information content (AvgIpc) is 3.54. The van der Waals surface area contributed by atoms with E-state index in [0.717, 1.165) is 29.0 Å². The van der Waals surface area contributed by atoms with Crippen LogP contribution >= 0.6 is 0 Å². The summed E-state index contributed by atoms with van der Waals surface area (Å²) >= 11 is 0. The Labute approximate surface area is 246 Å². The van der Waals surface area contributed by atoms with Crippen molar-refractivity contribution >= 4 is 5.97 Å². The zero-order valence-electron chi connectivity index (χ0n) is 23.7. The van der Waals surface area contributed by atoms with Gasteiger partial charge in [-0.15, -0.1) is 10.2 Å². The molecule has 0 amide bonds. The molecule has 0 atom stereocenters. The van der Waals surface area contributed by atoms with E-state index in [1.807, 2.05) is 54.6 Å². The molecule has 0 aliphatic heterocycles. The van der Waals surface area contributed by atoms with Gasteiger partial charge in [-0.1, -0.05) is 62.9 Å². The van der Waals surface area contributed by atoms with Crippen molar-refractivity contribution < 1.29 is 23.4 Å². The normalized spacial score (nSPS) is 10.8. The van der Waals surface area contributed by atoms with Crippen molar-refractivity contribution in [1.82, 2.24) is 10.2 Å². The lowest BCUT2D eigenvalue weighted by Crippen LogP contribution is -2.08. The number of ether oxygens (including phenoxy) is 3. The fourth-order valence-corrected chi connectivity index (χ4v) is 4.31. The van der Waals surface area contributed by atoms with Crippen LogP contribution in [0.15, 0.2) is 108 Å². The topological polar surface area (TPSA) is 83.7 Å². The molecule has 0 bridgehead atoms. The molecule has 0 radical (unpaired) electrons. The van der Waals surface area contributed by atoms with Crippen LogP contribution in [0.25, 0.3) is 22.9 Å². The molecule has 5 rings (SSSR count). The summed E-state index contributed by atoms with van der Waals surface area (Å²) in [6.07, 6.45) is 5.93. The number of rotatable bonds is 14. The van der Waals surface area contributed by atoms with E-state index >= 15 is 0 Å². The number of hydrogen-bond donors (Lipinski definition) is 0. The van der Waals surface area contributed by atoms with Gasteiger partial charge < -0.3 is 18.6 Å². The van der Waals surface area contributed by atoms with Gasteiger partial charge in [0.05, 0.1) is 12.2 Å². The fourth-order valence-electron chi connectivity index (χ4n) is 4.31. The highest BCUT2D eigenvalue weighted by molar-refractivity contribution is 5.91. The molecule has 7 nitrogen and oxygen atoms in total. The van der Waals surface area contributed by atoms with Gasteiger partial charge in [0.25, 0.3) is 0 Å². The summed E-state index contributed by atoms with van der Waals surface area (Å²) in [5, 5.41) is 8.37. The number of benzene rings is 4. The van der Waals surface area contributed by atoms with E-state index in [0.29, 0.717) is 41.9 Å². The van der Waals surface area contributed by atoms with E-state index < -0.39 is 5.97 Å². The number of esters is 1. The van der Waals surface area contributed by atoms with Crippen molar-refractivity contribution in [1.29, 1.82) is 0 Å². The lowest BCUT2D eigenvalue weighted by molar-refractivity contribution is 0.0734. The standard InChI is InChI=1S/C35H34N2O5/c1-2-3-4-5-9-24-39-30-20-16-29(17-21-30)35(38)41-32-22-14-28(15-23-32)34-37-36-33(42-34)27-12-18-31(19-13-27)40-25-26-10-7-6-8-11-26/h6-8,10-23H,2-5,9,24-25H2,1H3. The second kappa shape index (κ2) is 14.6. The Hall–Kier alpha value is -4.91.